The molecule has 8 nitrogen and oxygen atoms in total. The first-order chi connectivity index (χ1) is 14.6. The maximum Gasteiger partial charge on any atom is 0.283 e. The number of para-hydroxylation sites is 1. The second kappa shape index (κ2) is 7.18. The number of fused-ring (bicyclic) bond motifs is 2. The first-order valence-electron chi connectivity index (χ1n) is 9.52. The molecule has 0 spiro atoms. The van der Waals surface area contributed by atoms with Crippen molar-refractivity contribution in [1.29, 1.82) is 0 Å². The average molecular weight is 404 g/mol. The lowest BCUT2D eigenvalue weighted by Gasteiger charge is -2.17. The van der Waals surface area contributed by atoms with E-state index >= 15 is 0 Å². The van der Waals surface area contributed by atoms with Crippen molar-refractivity contribution in [1.82, 2.24) is 24.5 Å². The largest absolute Gasteiger partial charge is 0.310 e. The molecule has 9 heteroatoms. The second-order valence-electron chi connectivity index (χ2n) is 7.11. The van der Waals surface area contributed by atoms with Crippen LogP contribution in [0.2, 0.25) is 0 Å². The summed E-state index contributed by atoms with van der Waals surface area (Å²) in [5.41, 5.74) is 2.24. The highest BCUT2D eigenvalue weighted by Gasteiger charge is 2.25. The fourth-order valence-corrected chi connectivity index (χ4v) is 3.72. The number of hydrogen-bond donors (Lipinski definition) is 0. The molecule has 5 rings (SSSR count). The van der Waals surface area contributed by atoms with Crippen LogP contribution in [0.3, 0.4) is 0 Å². The minimum atomic E-state index is -0.458. The van der Waals surface area contributed by atoms with Crippen LogP contribution in [0.4, 0.5) is 10.1 Å². The summed E-state index contributed by atoms with van der Waals surface area (Å²) in [6.45, 7) is 0.542. The van der Waals surface area contributed by atoms with Crippen LogP contribution in [0.5, 0.6) is 0 Å². The Bertz CT molecular complexity index is 1330. The number of rotatable bonds is 4. The standard InChI is InChI=1S/C21H17FN6O2/c22-16-7-3-1-6-15(16)11-28-20-19(24-25-28)21(30)26(13-23-20)12-18(29)27-10-9-14-5-2-4-8-17(14)27/h1-8,13H,9-12H2. The van der Waals surface area contributed by atoms with Gasteiger partial charge in [-0.15, -0.1) is 5.10 Å². The predicted molar refractivity (Wildman–Crippen MR) is 108 cm³/mol. The van der Waals surface area contributed by atoms with E-state index in [0.29, 0.717) is 12.1 Å². The number of anilines is 1. The number of nitrogens with zero attached hydrogens (tertiary/aromatic N) is 6. The topological polar surface area (TPSA) is 85.9 Å². The van der Waals surface area contributed by atoms with Gasteiger partial charge in [-0.1, -0.05) is 41.6 Å². The monoisotopic (exact) mass is 404 g/mol. The van der Waals surface area contributed by atoms with E-state index < -0.39 is 5.56 Å². The summed E-state index contributed by atoms with van der Waals surface area (Å²) in [6.07, 6.45) is 2.10. The Morgan fingerprint density at radius 2 is 1.90 bits per heavy atom. The number of carbonyl (C=O) groups excluding carboxylic acids is 1. The summed E-state index contributed by atoms with van der Waals surface area (Å²) >= 11 is 0. The average Bonchev–Trinajstić information content (AvgIpc) is 3.36. The summed E-state index contributed by atoms with van der Waals surface area (Å²) in [5, 5.41) is 7.86. The molecule has 2 aromatic heterocycles. The van der Waals surface area contributed by atoms with Crippen LogP contribution in [0, 0.1) is 5.82 Å². The Balaban J connectivity index is 1.42. The van der Waals surface area contributed by atoms with Crippen LogP contribution < -0.4 is 10.5 Å². The van der Waals surface area contributed by atoms with Crippen LogP contribution in [0.25, 0.3) is 11.2 Å². The van der Waals surface area contributed by atoms with E-state index in [1.54, 1.807) is 23.1 Å². The molecule has 4 aromatic rings. The van der Waals surface area contributed by atoms with Crippen LogP contribution in [-0.4, -0.2) is 37.0 Å². The van der Waals surface area contributed by atoms with Gasteiger partial charge in [0.2, 0.25) is 5.91 Å². The van der Waals surface area contributed by atoms with E-state index in [2.05, 4.69) is 15.3 Å². The summed E-state index contributed by atoms with van der Waals surface area (Å²) in [4.78, 5) is 31.6. The van der Waals surface area contributed by atoms with Gasteiger partial charge < -0.3 is 4.90 Å². The molecule has 0 fully saturated rings. The molecule has 0 saturated heterocycles. The lowest BCUT2D eigenvalue weighted by molar-refractivity contribution is -0.119. The molecule has 1 aliphatic rings. The van der Waals surface area contributed by atoms with E-state index in [-0.39, 0.29) is 36.0 Å². The Labute approximate surface area is 170 Å². The van der Waals surface area contributed by atoms with Crippen molar-refractivity contribution in [3.63, 3.8) is 0 Å². The fraction of sp³-hybridized carbons (Fsp3) is 0.190. The van der Waals surface area contributed by atoms with Gasteiger partial charge >= 0.3 is 0 Å². The number of hydrogen-bond acceptors (Lipinski definition) is 5. The first kappa shape index (κ1) is 18.2. The van der Waals surface area contributed by atoms with Crippen molar-refractivity contribution in [3.05, 3.63) is 82.2 Å². The van der Waals surface area contributed by atoms with Gasteiger partial charge in [-0.3, -0.25) is 14.2 Å². The molecule has 2 aromatic carbocycles. The quantitative estimate of drug-likeness (QED) is 0.517. The van der Waals surface area contributed by atoms with Crippen LogP contribution >= 0.6 is 0 Å². The van der Waals surface area contributed by atoms with Gasteiger partial charge in [0, 0.05) is 17.8 Å². The zero-order valence-electron chi connectivity index (χ0n) is 15.9. The SMILES string of the molecule is O=C(Cn1cnc2c(nnn2Cc2ccccc2F)c1=O)N1CCc2ccccc21. The summed E-state index contributed by atoms with van der Waals surface area (Å²) in [7, 11) is 0. The van der Waals surface area contributed by atoms with Crippen molar-refractivity contribution in [2.24, 2.45) is 0 Å². The van der Waals surface area contributed by atoms with Crippen molar-refractivity contribution in [2.75, 3.05) is 11.4 Å². The third-order valence-electron chi connectivity index (χ3n) is 5.26. The number of halogens is 1. The molecular weight excluding hydrogens is 387 g/mol. The molecule has 0 saturated carbocycles. The number of aromatic nitrogens is 5. The van der Waals surface area contributed by atoms with Crippen molar-refractivity contribution in [3.8, 4) is 0 Å². The van der Waals surface area contributed by atoms with Crippen molar-refractivity contribution < 1.29 is 9.18 Å². The van der Waals surface area contributed by atoms with Crippen molar-refractivity contribution >= 4 is 22.8 Å². The third kappa shape index (κ3) is 3.04. The minimum Gasteiger partial charge on any atom is -0.310 e. The molecule has 0 radical (unpaired) electrons. The molecular formula is C21H17FN6O2. The molecule has 1 amide bonds. The van der Waals surface area contributed by atoms with Gasteiger partial charge in [-0.2, -0.15) is 0 Å². The van der Waals surface area contributed by atoms with E-state index in [0.717, 1.165) is 17.7 Å². The van der Waals surface area contributed by atoms with Gasteiger partial charge in [0.1, 0.15) is 18.7 Å². The highest BCUT2D eigenvalue weighted by molar-refractivity contribution is 5.95. The van der Waals surface area contributed by atoms with Crippen LogP contribution in [0.1, 0.15) is 11.1 Å². The summed E-state index contributed by atoms with van der Waals surface area (Å²) in [6, 6.07) is 14.0. The zero-order valence-corrected chi connectivity index (χ0v) is 15.9. The molecule has 30 heavy (non-hydrogen) atoms. The van der Waals surface area contributed by atoms with Gasteiger partial charge in [0.25, 0.3) is 5.56 Å². The molecule has 0 aliphatic carbocycles. The summed E-state index contributed by atoms with van der Waals surface area (Å²) in [5.74, 6) is -0.562. The second-order valence-corrected chi connectivity index (χ2v) is 7.11. The van der Waals surface area contributed by atoms with Gasteiger partial charge in [0.05, 0.1) is 6.54 Å². The Morgan fingerprint density at radius 1 is 1.10 bits per heavy atom. The highest BCUT2D eigenvalue weighted by Crippen LogP contribution is 2.27. The zero-order chi connectivity index (χ0) is 20.7. The smallest absolute Gasteiger partial charge is 0.283 e. The highest BCUT2D eigenvalue weighted by atomic mass is 19.1. The van der Waals surface area contributed by atoms with Crippen molar-refractivity contribution in [2.45, 2.75) is 19.5 Å². The molecule has 0 unspecified atom stereocenters. The fourth-order valence-electron chi connectivity index (χ4n) is 3.72. The Hall–Kier alpha value is -3.88. The normalized spacial score (nSPS) is 13.0. The van der Waals surface area contributed by atoms with Gasteiger partial charge in [-0.25, -0.2) is 14.1 Å². The lowest BCUT2D eigenvalue weighted by Crippen LogP contribution is -2.35. The first-order valence-corrected chi connectivity index (χ1v) is 9.52. The predicted octanol–water partition coefficient (Wildman–Crippen LogP) is 1.76. The number of benzene rings is 2. The maximum atomic E-state index is 13.9. The Morgan fingerprint density at radius 3 is 2.77 bits per heavy atom. The van der Waals surface area contributed by atoms with Gasteiger partial charge in [-0.05, 0) is 24.1 Å². The molecule has 0 N–H and O–H groups in total. The van der Waals surface area contributed by atoms with Gasteiger partial charge in [0.15, 0.2) is 11.2 Å². The molecule has 0 bridgehead atoms. The molecule has 1 aliphatic heterocycles. The van der Waals surface area contributed by atoms with E-state index in [1.807, 2.05) is 24.3 Å². The lowest BCUT2D eigenvalue weighted by atomic mass is 10.2. The number of amides is 1. The third-order valence-corrected chi connectivity index (χ3v) is 5.26. The molecule has 0 atom stereocenters. The summed E-state index contributed by atoms with van der Waals surface area (Å²) < 4.78 is 16.5. The Kier molecular flexibility index (Phi) is 4.35. The maximum absolute atomic E-state index is 13.9. The van der Waals surface area contributed by atoms with E-state index in [1.165, 1.54) is 21.6 Å². The van der Waals surface area contributed by atoms with E-state index in [9.17, 15) is 14.0 Å². The van der Waals surface area contributed by atoms with E-state index in [4.69, 9.17) is 0 Å². The molecule has 150 valence electrons. The van der Waals surface area contributed by atoms with Crippen LogP contribution in [0.15, 0.2) is 59.7 Å². The van der Waals surface area contributed by atoms with Crippen LogP contribution in [-0.2, 0) is 24.3 Å². The molecule has 3 heterocycles. The minimum absolute atomic E-state index is 0.0449. The number of carbonyl (C=O) groups is 1.